The van der Waals surface area contributed by atoms with Gasteiger partial charge in [0.1, 0.15) is 18.0 Å². The van der Waals surface area contributed by atoms with Crippen molar-refractivity contribution in [3.63, 3.8) is 0 Å². The predicted octanol–water partition coefficient (Wildman–Crippen LogP) is 7.41. The topological polar surface area (TPSA) is 108 Å². The molecule has 3 aromatic carbocycles. The number of hydrogen-bond acceptors (Lipinski definition) is 5. The molecular formula is C36H43N3O6. The van der Waals surface area contributed by atoms with E-state index in [4.69, 9.17) is 9.47 Å². The Morgan fingerprint density at radius 1 is 0.867 bits per heavy atom. The number of allylic oxidation sites excluding steroid dienone is 1. The van der Waals surface area contributed by atoms with Crippen molar-refractivity contribution >= 4 is 34.9 Å². The molecule has 0 aliphatic heterocycles. The van der Waals surface area contributed by atoms with Gasteiger partial charge in [-0.1, -0.05) is 67.6 Å². The summed E-state index contributed by atoms with van der Waals surface area (Å²) >= 11 is 0. The molecule has 9 nitrogen and oxygen atoms in total. The molecule has 0 radical (unpaired) electrons. The average Bonchev–Trinajstić information content (AvgIpc) is 2.99. The Balaban J connectivity index is 1.81. The fourth-order valence-electron chi connectivity index (χ4n) is 4.51. The van der Waals surface area contributed by atoms with Crippen LogP contribution >= 0.6 is 0 Å². The minimum atomic E-state index is -1.09. The average molecular weight is 614 g/mol. The van der Waals surface area contributed by atoms with Crippen molar-refractivity contribution in [3.8, 4) is 5.75 Å². The van der Waals surface area contributed by atoms with E-state index in [0.29, 0.717) is 11.4 Å². The van der Waals surface area contributed by atoms with E-state index < -0.39 is 17.8 Å². The summed E-state index contributed by atoms with van der Waals surface area (Å²) in [7, 11) is 3.26. The van der Waals surface area contributed by atoms with Gasteiger partial charge < -0.3 is 24.4 Å². The molecule has 0 unspecified atom stereocenters. The van der Waals surface area contributed by atoms with Crippen molar-refractivity contribution < 1.29 is 29.0 Å². The van der Waals surface area contributed by atoms with Gasteiger partial charge in [-0.05, 0) is 79.3 Å². The van der Waals surface area contributed by atoms with Crippen LogP contribution in [-0.2, 0) is 9.53 Å². The second kappa shape index (κ2) is 16.1. The molecule has 0 aliphatic carbocycles. The van der Waals surface area contributed by atoms with E-state index in [-0.39, 0.29) is 25.6 Å². The van der Waals surface area contributed by atoms with Gasteiger partial charge in [0, 0.05) is 32.4 Å². The maximum Gasteiger partial charge on any atom is 0.412 e. The summed E-state index contributed by atoms with van der Waals surface area (Å²) in [5, 5.41) is 12.3. The zero-order valence-electron chi connectivity index (χ0n) is 26.9. The van der Waals surface area contributed by atoms with Gasteiger partial charge in [0.05, 0.1) is 6.54 Å². The normalized spacial score (nSPS) is 11.9. The molecular weight excluding hydrogens is 570 g/mol. The van der Waals surface area contributed by atoms with Crippen LogP contribution in [0.2, 0.25) is 0 Å². The summed E-state index contributed by atoms with van der Waals surface area (Å²) in [6.07, 6.45) is 2.06. The molecule has 3 rings (SSSR count). The lowest BCUT2D eigenvalue weighted by atomic mass is 9.88. The molecule has 0 bridgehead atoms. The van der Waals surface area contributed by atoms with Crippen molar-refractivity contribution in [3.05, 3.63) is 108 Å². The minimum absolute atomic E-state index is 0.0801. The SMILES string of the molecule is CCC(=C(c1ccc(NC(=O)OC(C)(C)C)cc1)c1ccc(OCCN(CC=CC(=O)N(C)C)C(=O)O)cc1)c1ccccc1. The molecule has 9 heteroatoms. The van der Waals surface area contributed by atoms with Gasteiger partial charge >= 0.3 is 12.2 Å². The van der Waals surface area contributed by atoms with E-state index in [0.717, 1.165) is 34.3 Å². The third-order valence-electron chi connectivity index (χ3n) is 6.67. The fraction of sp³-hybridized carbons (Fsp3) is 0.306. The summed E-state index contributed by atoms with van der Waals surface area (Å²) < 4.78 is 11.3. The second-order valence-corrected chi connectivity index (χ2v) is 11.5. The second-order valence-electron chi connectivity index (χ2n) is 11.5. The Morgan fingerprint density at radius 3 is 2.00 bits per heavy atom. The van der Waals surface area contributed by atoms with Crippen LogP contribution in [0.1, 0.15) is 50.8 Å². The Labute approximate surface area is 265 Å². The van der Waals surface area contributed by atoms with Crippen LogP contribution in [0, 0.1) is 0 Å². The Hall–Kier alpha value is -5.05. The molecule has 3 amide bonds. The first-order valence-corrected chi connectivity index (χ1v) is 14.9. The van der Waals surface area contributed by atoms with Crippen LogP contribution in [-0.4, -0.2) is 72.4 Å². The first kappa shape index (κ1) is 34.4. The first-order valence-electron chi connectivity index (χ1n) is 14.9. The number of anilines is 1. The van der Waals surface area contributed by atoms with Crippen LogP contribution in [0.4, 0.5) is 15.3 Å². The molecule has 238 valence electrons. The highest BCUT2D eigenvalue weighted by Crippen LogP contribution is 2.35. The Bertz CT molecular complexity index is 1490. The van der Waals surface area contributed by atoms with E-state index in [1.54, 1.807) is 14.1 Å². The van der Waals surface area contributed by atoms with E-state index in [2.05, 4.69) is 24.4 Å². The number of rotatable bonds is 12. The number of carboxylic acid groups (broad SMARTS) is 1. The molecule has 0 heterocycles. The third-order valence-corrected chi connectivity index (χ3v) is 6.67. The highest BCUT2D eigenvalue weighted by Gasteiger charge is 2.17. The van der Waals surface area contributed by atoms with E-state index >= 15 is 0 Å². The molecule has 0 saturated heterocycles. The quantitative estimate of drug-likeness (QED) is 0.163. The van der Waals surface area contributed by atoms with Crippen LogP contribution in [0.15, 0.2) is 91.0 Å². The number of likely N-dealkylation sites (N-methyl/N-ethyl adjacent to an activating group) is 1. The molecule has 0 spiro atoms. The number of carbonyl (C=O) groups excluding carboxylic acids is 2. The summed E-state index contributed by atoms with van der Waals surface area (Å²) in [5.74, 6) is 0.397. The van der Waals surface area contributed by atoms with Crippen LogP contribution in [0.25, 0.3) is 11.1 Å². The van der Waals surface area contributed by atoms with Gasteiger partial charge in [0.25, 0.3) is 0 Å². The lowest BCUT2D eigenvalue weighted by Crippen LogP contribution is -2.33. The summed E-state index contributed by atoms with van der Waals surface area (Å²) in [5.41, 5.74) is 5.33. The van der Waals surface area contributed by atoms with E-state index in [1.165, 1.54) is 22.0 Å². The molecule has 45 heavy (non-hydrogen) atoms. The van der Waals surface area contributed by atoms with Crippen molar-refractivity contribution in [2.75, 3.05) is 39.1 Å². The maximum absolute atomic E-state index is 12.3. The highest BCUT2D eigenvalue weighted by atomic mass is 16.6. The highest BCUT2D eigenvalue weighted by molar-refractivity contribution is 5.99. The van der Waals surface area contributed by atoms with E-state index in [1.807, 2.05) is 87.5 Å². The molecule has 0 aromatic heterocycles. The van der Waals surface area contributed by atoms with Gasteiger partial charge in [-0.3, -0.25) is 10.1 Å². The predicted molar refractivity (Wildman–Crippen MR) is 178 cm³/mol. The minimum Gasteiger partial charge on any atom is -0.492 e. The monoisotopic (exact) mass is 613 g/mol. The van der Waals surface area contributed by atoms with Crippen molar-refractivity contribution in [2.45, 2.75) is 39.7 Å². The van der Waals surface area contributed by atoms with Crippen molar-refractivity contribution in [1.82, 2.24) is 9.80 Å². The summed E-state index contributed by atoms with van der Waals surface area (Å²) in [6.45, 7) is 7.95. The number of hydrogen-bond donors (Lipinski definition) is 2. The van der Waals surface area contributed by atoms with Crippen LogP contribution in [0.5, 0.6) is 5.75 Å². The van der Waals surface area contributed by atoms with Crippen molar-refractivity contribution in [1.29, 1.82) is 0 Å². The number of ether oxygens (including phenoxy) is 2. The standard InChI is InChI=1S/C36H43N3O6/c1-7-31(26-12-9-8-10-13-26)33(27-15-19-29(20-16-27)37-34(41)45-36(2,3)4)28-17-21-30(22-18-28)44-25-24-39(35(42)43)23-11-14-32(40)38(5)6/h8-22H,7,23-25H2,1-6H3,(H,37,41)(H,42,43). The number of carbonyl (C=O) groups is 3. The number of nitrogens with one attached hydrogen (secondary N) is 1. The Morgan fingerprint density at radius 2 is 1.47 bits per heavy atom. The lowest BCUT2D eigenvalue weighted by molar-refractivity contribution is -0.123. The number of benzene rings is 3. The number of nitrogens with zero attached hydrogens (tertiary/aromatic N) is 2. The molecule has 0 saturated carbocycles. The molecule has 2 N–H and O–H groups in total. The largest absolute Gasteiger partial charge is 0.492 e. The smallest absolute Gasteiger partial charge is 0.412 e. The van der Waals surface area contributed by atoms with E-state index in [9.17, 15) is 19.5 Å². The third kappa shape index (κ3) is 10.9. The zero-order chi connectivity index (χ0) is 33.0. The lowest BCUT2D eigenvalue weighted by Gasteiger charge is -2.20. The Kier molecular flexibility index (Phi) is 12.4. The van der Waals surface area contributed by atoms with Gasteiger partial charge in [-0.2, -0.15) is 0 Å². The maximum atomic E-state index is 12.3. The summed E-state index contributed by atoms with van der Waals surface area (Å²) in [6, 6.07) is 25.6. The zero-order valence-corrected chi connectivity index (χ0v) is 26.9. The molecule has 0 atom stereocenters. The number of amides is 3. The fourth-order valence-corrected chi connectivity index (χ4v) is 4.51. The van der Waals surface area contributed by atoms with Gasteiger partial charge in [-0.25, -0.2) is 9.59 Å². The van der Waals surface area contributed by atoms with Gasteiger partial charge in [-0.15, -0.1) is 0 Å². The van der Waals surface area contributed by atoms with Gasteiger partial charge in [0.2, 0.25) is 5.91 Å². The van der Waals surface area contributed by atoms with Crippen LogP contribution in [0.3, 0.4) is 0 Å². The van der Waals surface area contributed by atoms with Crippen LogP contribution < -0.4 is 10.1 Å². The first-order chi connectivity index (χ1) is 21.4. The molecule has 0 fully saturated rings. The van der Waals surface area contributed by atoms with Crippen molar-refractivity contribution in [2.24, 2.45) is 0 Å². The summed E-state index contributed by atoms with van der Waals surface area (Å²) in [4.78, 5) is 38.2. The molecule has 0 aliphatic rings. The van der Waals surface area contributed by atoms with Gasteiger partial charge in [0.15, 0.2) is 0 Å². The molecule has 3 aromatic rings.